The summed E-state index contributed by atoms with van der Waals surface area (Å²) in [6.45, 7) is 0. The summed E-state index contributed by atoms with van der Waals surface area (Å²) in [5, 5.41) is 14.0. The fraction of sp³-hybridized carbons (Fsp3) is 0.545. The molecule has 3 unspecified atom stereocenters. The minimum Gasteiger partial charge on any atom is -0.391 e. The van der Waals surface area contributed by atoms with Gasteiger partial charge in [-0.1, -0.05) is 17.7 Å². The number of fused-ring (bicyclic) bond motifs is 2. The van der Waals surface area contributed by atoms with Crippen molar-refractivity contribution in [3.8, 4) is 0 Å². The van der Waals surface area contributed by atoms with E-state index in [2.05, 4.69) is 10.3 Å². The van der Waals surface area contributed by atoms with Gasteiger partial charge in [-0.25, -0.2) is 4.98 Å². The summed E-state index contributed by atoms with van der Waals surface area (Å²) < 4.78 is 0. The third-order valence-electron chi connectivity index (χ3n) is 3.57. The number of rotatable bonds is 1. The van der Waals surface area contributed by atoms with E-state index in [9.17, 15) is 5.11 Å². The summed E-state index contributed by atoms with van der Waals surface area (Å²) in [6.07, 6.45) is 3.74. The number of halogens is 1. The van der Waals surface area contributed by atoms with Gasteiger partial charge in [0.1, 0.15) is 5.15 Å². The largest absolute Gasteiger partial charge is 0.391 e. The molecule has 2 bridgehead atoms. The van der Waals surface area contributed by atoms with Gasteiger partial charge in [-0.2, -0.15) is 0 Å². The number of hydrogen-bond acceptors (Lipinski definition) is 3. The number of nitrogens with one attached hydrogen (secondary N) is 1. The van der Waals surface area contributed by atoms with Crippen molar-refractivity contribution in [2.24, 2.45) is 0 Å². The first-order chi connectivity index (χ1) is 7.25. The summed E-state index contributed by atoms with van der Waals surface area (Å²) >= 11 is 5.74. The van der Waals surface area contributed by atoms with Gasteiger partial charge < -0.3 is 10.4 Å². The van der Waals surface area contributed by atoms with Crippen molar-refractivity contribution < 1.29 is 5.11 Å². The molecule has 0 spiro atoms. The Hall–Kier alpha value is -0.640. The van der Waals surface area contributed by atoms with E-state index < -0.39 is 0 Å². The van der Waals surface area contributed by atoms with Crippen molar-refractivity contribution in [2.75, 3.05) is 0 Å². The van der Waals surface area contributed by atoms with Crippen LogP contribution in [0.15, 0.2) is 18.3 Å². The normalized spacial score (nSPS) is 38.5. The zero-order valence-corrected chi connectivity index (χ0v) is 8.98. The van der Waals surface area contributed by atoms with Crippen LogP contribution in [0.4, 0.5) is 0 Å². The lowest BCUT2D eigenvalue weighted by Gasteiger charge is -2.25. The van der Waals surface area contributed by atoms with Gasteiger partial charge in [0, 0.05) is 24.2 Å². The Morgan fingerprint density at radius 2 is 2.13 bits per heavy atom. The SMILES string of the molecule is O[C@H]1C2CCC(N2)C1c1ccc(Cl)nc1. The molecule has 2 saturated heterocycles. The van der Waals surface area contributed by atoms with Crippen molar-refractivity contribution in [2.45, 2.75) is 36.9 Å². The van der Waals surface area contributed by atoms with Crippen LogP contribution in [0.25, 0.3) is 0 Å². The van der Waals surface area contributed by atoms with Crippen molar-refractivity contribution in [3.63, 3.8) is 0 Å². The highest BCUT2D eigenvalue weighted by Gasteiger charge is 2.47. The summed E-state index contributed by atoms with van der Waals surface area (Å²) in [6, 6.07) is 4.44. The molecule has 2 aliphatic rings. The summed E-state index contributed by atoms with van der Waals surface area (Å²) in [5.74, 6) is 0.188. The Morgan fingerprint density at radius 1 is 1.33 bits per heavy atom. The van der Waals surface area contributed by atoms with Crippen molar-refractivity contribution in [3.05, 3.63) is 29.0 Å². The molecule has 4 atom stereocenters. The van der Waals surface area contributed by atoms with Gasteiger partial charge >= 0.3 is 0 Å². The zero-order valence-electron chi connectivity index (χ0n) is 8.23. The molecule has 4 heteroatoms. The molecule has 0 amide bonds. The van der Waals surface area contributed by atoms with E-state index in [1.807, 2.05) is 6.07 Å². The van der Waals surface area contributed by atoms with E-state index >= 15 is 0 Å². The van der Waals surface area contributed by atoms with Gasteiger partial charge in [-0.15, -0.1) is 0 Å². The standard InChI is InChI=1S/C11H13ClN2O/c12-9-4-1-6(5-13-9)10-7-2-3-8(14-7)11(10)15/h1,4-5,7-8,10-11,14-15H,2-3H2/t7?,8?,10?,11-/m0/s1. The van der Waals surface area contributed by atoms with Crippen molar-refractivity contribution in [1.29, 1.82) is 0 Å². The fourth-order valence-corrected chi connectivity index (χ4v) is 2.97. The molecule has 1 aromatic heterocycles. The minimum atomic E-state index is -0.272. The molecule has 3 rings (SSSR count). The highest BCUT2D eigenvalue weighted by molar-refractivity contribution is 6.29. The van der Waals surface area contributed by atoms with Gasteiger partial charge in [0.05, 0.1) is 6.10 Å². The molecule has 2 N–H and O–H groups in total. The van der Waals surface area contributed by atoms with Crippen LogP contribution in [0.5, 0.6) is 0 Å². The smallest absolute Gasteiger partial charge is 0.129 e. The predicted molar refractivity (Wildman–Crippen MR) is 57.9 cm³/mol. The summed E-state index contributed by atoms with van der Waals surface area (Å²) in [7, 11) is 0. The highest BCUT2D eigenvalue weighted by atomic mass is 35.5. The summed E-state index contributed by atoms with van der Waals surface area (Å²) in [5.41, 5.74) is 1.09. The molecule has 2 fully saturated rings. The van der Waals surface area contributed by atoms with E-state index in [4.69, 9.17) is 11.6 Å². The van der Waals surface area contributed by atoms with Gasteiger partial charge in [0.25, 0.3) is 0 Å². The Morgan fingerprint density at radius 3 is 2.73 bits per heavy atom. The Kier molecular flexibility index (Phi) is 2.20. The van der Waals surface area contributed by atoms with Gasteiger partial charge in [-0.3, -0.25) is 0 Å². The fourth-order valence-electron chi connectivity index (χ4n) is 2.86. The van der Waals surface area contributed by atoms with E-state index in [1.165, 1.54) is 0 Å². The first-order valence-corrected chi connectivity index (χ1v) is 5.69. The molecule has 0 radical (unpaired) electrons. The van der Waals surface area contributed by atoms with Crippen LogP contribution >= 0.6 is 11.6 Å². The van der Waals surface area contributed by atoms with E-state index in [1.54, 1.807) is 12.3 Å². The molecule has 0 aliphatic carbocycles. The Balaban J connectivity index is 1.91. The van der Waals surface area contributed by atoms with Crippen LogP contribution in [0, 0.1) is 0 Å². The number of nitrogens with zero attached hydrogens (tertiary/aromatic N) is 1. The Labute approximate surface area is 93.5 Å². The quantitative estimate of drug-likeness (QED) is 0.708. The first-order valence-electron chi connectivity index (χ1n) is 5.31. The van der Waals surface area contributed by atoms with Crippen LogP contribution < -0.4 is 5.32 Å². The number of hydrogen-bond donors (Lipinski definition) is 2. The van der Waals surface area contributed by atoms with Gasteiger partial charge in [0.2, 0.25) is 0 Å². The van der Waals surface area contributed by atoms with E-state index in [0.717, 1.165) is 18.4 Å². The van der Waals surface area contributed by atoms with Crippen LogP contribution in [0.1, 0.15) is 24.3 Å². The monoisotopic (exact) mass is 224 g/mol. The molecule has 0 saturated carbocycles. The average molecular weight is 225 g/mol. The number of aliphatic hydroxyl groups is 1. The van der Waals surface area contributed by atoms with Gasteiger partial charge in [0.15, 0.2) is 0 Å². The van der Waals surface area contributed by atoms with Crippen LogP contribution in [0.2, 0.25) is 5.15 Å². The lowest BCUT2D eigenvalue weighted by molar-refractivity contribution is 0.125. The van der Waals surface area contributed by atoms with Crippen molar-refractivity contribution in [1.82, 2.24) is 10.3 Å². The predicted octanol–water partition coefficient (Wildman–Crippen LogP) is 1.31. The molecule has 0 aromatic carbocycles. The third-order valence-corrected chi connectivity index (χ3v) is 3.79. The van der Waals surface area contributed by atoms with E-state index in [0.29, 0.717) is 11.2 Å². The number of aromatic nitrogens is 1. The maximum Gasteiger partial charge on any atom is 0.129 e. The molecular formula is C11H13ClN2O. The molecular weight excluding hydrogens is 212 g/mol. The lowest BCUT2D eigenvalue weighted by atomic mass is 9.82. The first kappa shape index (κ1) is 9.58. The number of aliphatic hydroxyl groups excluding tert-OH is 1. The van der Waals surface area contributed by atoms with Gasteiger partial charge in [-0.05, 0) is 24.5 Å². The maximum atomic E-state index is 10.1. The zero-order chi connectivity index (χ0) is 10.4. The second kappa shape index (κ2) is 3.44. The molecule has 15 heavy (non-hydrogen) atoms. The van der Waals surface area contributed by atoms with E-state index in [-0.39, 0.29) is 18.1 Å². The topological polar surface area (TPSA) is 45.1 Å². The van der Waals surface area contributed by atoms with Crippen LogP contribution in [-0.4, -0.2) is 28.3 Å². The summed E-state index contributed by atoms with van der Waals surface area (Å²) in [4.78, 5) is 4.07. The molecule has 3 nitrogen and oxygen atoms in total. The average Bonchev–Trinajstić information content (AvgIpc) is 2.80. The third kappa shape index (κ3) is 1.46. The molecule has 80 valence electrons. The van der Waals surface area contributed by atoms with Crippen molar-refractivity contribution >= 4 is 11.6 Å². The Bertz CT molecular complexity index is 365. The van der Waals surface area contributed by atoms with Crippen LogP contribution in [0.3, 0.4) is 0 Å². The second-order valence-electron chi connectivity index (χ2n) is 4.39. The molecule has 3 heterocycles. The highest BCUT2D eigenvalue weighted by Crippen LogP contribution is 2.40. The van der Waals surface area contributed by atoms with Crippen LogP contribution in [-0.2, 0) is 0 Å². The molecule has 2 aliphatic heterocycles. The lowest BCUT2D eigenvalue weighted by Crippen LogP contribution is -2.30. The second-order valence-corrected chi connectivity index (χ2v) is 4.77. The molecule has 1 aromatic rings. The number of pyridine rings is 1. The minimum absolute atomic E-state index is 0.188. The maximum absolute atomic E-state index is 10.1.